The number of nitrogens with one attached hydrogen (secondary N) is 1. The lowest BCUT2D eigenvalue weighted by atomic mass is 10.1. The molecule has 0 radical (unpaired) electrons. The van der Waals surface area contributed by atoms with Gasteiger partial charge in [-0.3, -0.25) is 4.79 Å². The van der Waals surface area contributed by atoms with E-state index in [0.29, 0.717) is 17.0 Å². The smallest absolute Gasteiger partial charge is 0.387 e. The second-order valence-electron chi connectivity index (χ2n) is 5.60. The van der Waals surface area contributed by atoms with E-state index < -0.39 is 12.5 Å². The van der Waals surface area contributed by atoms with E-state index in [2.05, 4.69) is 15.2 Å². The SMILES string of the molecule is COc1ccc(-n2ccc(C(=O)Nc3cccc(OC(F)F)c3C)n2)cc1. The van der Waals surface area contributed by atoms with Crippen LogP contribution >= 0.6 is 0 Å². The molecule has 1 amide bonds. The minimum Gasteiger partial charge on any atom is -0.497 e. The third-order valence-corrected chi connectivity index (χ3v) is 3.91. The molecule has 0 bridgehead atoms. The Morgan fingerprint density at radius 2 is 1.89 bits per heavy atom. The number of halogens is 2. The normalized spacial score (nSPS) is 10.7. The van der Waals surface area contributed by atoms with Gasteiger partial charge in [0.2, 0.25) is 0 Å². The summed E-state index contributed by atoms with van der Waals surface area (Å²) >= 11 is 0. The Hall–Kier alpha value is -3.42. The zero-order valence-corrected chi connectivity index (χ0v) is 14.6. The fourth-order valence-corrected chi connectivity index (χ4v) is 2.48. The van der Waals surface area contributed by atoms with Crippen molar-refractivity contribution in [2.45, 2.75) is 13.5 Å². The molecular weight excluding hydrogens is 356 g/mol. The van der Waals surface area contributed by atoms with Crippen LogP contribution in [0.4, 0.5) is 14.5 Å². The van der Waals surface area contributed by atoms with Gasteiger partial charge in [0, 0.05) is 17.4 Å². The number of benzene rings is 2. The molecule has 140 valence electrons. The lowest BCUT2D eigenvalue weighted by Crippen LogP contribution is -2.14. The molecule has 0 spiro atoms. The Morgan fingerprint density at radius 3 is 2.56 bits per heavy atom. The summed E-state index contributed by atoms with van der Waals surface area (Å²) in [5, 5.41) is 6.91. The van der Waals surface area contributed by atoms with E-state index in [1.165, 1.54) is 12.1 Å². The molecular formula is C19H17F2N3O3. The molecule has 27 heavy (non-hydrogen) atoms. The van der Waals surface area contributed by atoms with Gasteiger partial charge in [-0.2, -0.15) is 13.9 Å². The summed E-state index contributed by atoms with van der Waals surface area (Å²) in [4.78, 5) is 12.4. The van der Waals surface area contributed by atoms with Crippen LogP contribution in [-0.2, 0) is 0 Å². The summed E-state index contributed by atoms with van der Waals surface area (Å²) in [7, 11) is 1.58. The minimum atomic E-state index is -2.94. The number of hydrogen-bond acceptors (Lipinski definition) is 4. The van der Waals surface area contributed by atoms with E-state index >= 15 is 0 Å². The van der Waals surface area contributed by atoms with Gasteiger partial charge in [0.15, 0.2) is 5.69 Å². The Kier molecular flexibility index (Phi) is 5.35. The third-order valence-electron chi connectivity index (χ3n) is 3.91. The van der Waals surface area contributed by atoms with Crippen molar-refractivity contribution in [1.29, 1.82) is 0 Å². The molecule has 0 aliphatic rings. The van der Waals surface area contributed by atoms with Crippen LogP contribution in [0, 0.1) is 6.92 Å². The van der Waals surface area contributed by atoms with Crippen LogP contribution in [0.2, 0.25) is 0 Å². The molecule has 0 atom stereocenters. The van der Waals surface area contributed by atoms with Gasteiger partial charge in [0.1, 0.15) is 11.5 Å². The third kappa shape index (κ3) is 4.22. The standard InChI is InChI=1S/C19H17F2N3O3/c1-12-15(4-3-5-17(12)27-19(20)21)22-18(25)16-10-11-24(23-16)13-6-8-14(26-2)9-7-13/h3-11,19H,1-2H3,(H,22,25). The van der Waals surface area contributed by atoms with Gasteiger partial charge < -0.3 is 14.8 Å². The molecule has 2 aromatic carbocycles. The van der Waals surface area contributed by atoms with Crippen LogP contribution in [0.25, 0.3) is 5.69 Å². The van der Waals surface area contributed by atoms with E-state index in [1.807, 2.05) is 12.1 Å². The first-order valence-corrected chi connectivity index (χ1v) is 8.04. The van der Waals surface area contributed by atoms with Gasteiger partial charge >= 0.3 is 6.61 Å². The fourth-order valence-electron chi connectivity index (χ4n) is 2.48. The largest absolute Gasteiger partial charge is 0.497 e. The molecule has 0 fully saturated rings. The Morgan fingerprint density at radius 1 is 1.15 bits per heavy atom. The summed E-state index contributed by atoms with van der Waals surface area (Å²) in [6.07, 6.45) is 1.65. The molecule has 0 saturated heterocycles. The molecule has 0 aliphatic heterocycles. The number of ether oxygens (including phenoxy) is 2. The predicted octanol–water partition coefficient (Wildman–Crippen LogP) is 4.04. The maximum atomic E-state index is 12.4. The fraction of sp³-hybridized carbons (Fsp3) is 0.158. The minimum absolute atomic E-state index is 0.00608. The summed E-state index contributed by atoms with van der Waals surface area (Å²) < 4.78 is 36.0. The highest BCUT2D eigenvalue weighted by Gasteiger charge is 2.15. The quantitative estimate of drug-likeness (QED) is 0.708. The van der Waals surface area contributed by atoms with Gasteiger partial charge in [-0.25, -0.2) is 4.68 Å². The molecule has 3 aromatic rings. The second kappa shape index (κ2) is 7.86. The van der Waals surface area contributed by atoms with Crippen molar-refractivity contribution in [1.82, 2.24) is 9.78 Å². The monoisotopic (exact) mass is 373 g/mol. The van der Waals surface area contributed by atoms with Crippen LogP contribution in [-0.4, -0.2) is 29.4 Å². The van der Waals surface area contributed by atoms with Gasteiger partial charge in [0.05, 0.1) is 12.8 Å². The van der Waals surface area contributed by atoms with Crippen LogP contribution in [0.3, 0.4) is 0 Å². The highest BCUT2D eigenvalue weighted by molar-refractivity contribution is 6.03. The summed E-state index contributed by atoms with van der Waals surface area (Å²) in [6, 6.07) is 13.3. The first kappa shape index (κ1) is 18.4. The number of carbonyl (C=O) groups is 1. The zero-order valence-electron chi connectivity index (χ0n) is 14.6. The number of alkyl halides is 2. The van der Waals surface area contributed by atoms with E-state index in [-0.39, 0.29) is 11.4 Å². The Balaban J connectivity index is 1.76. The van der Waals surface area contributed by atoms with Crippen LogP contribution in [0.15, 0.2) is 54.7 Å². The second-order valence-corrected chi connectivity index (χ2v) is 5.60. The van der Waals surface area contributed by atoms with E-state index in [9.17, 15) is 13.6 Å². The first-order valence-electron chi connectivity index (χ1n) is 8.04. The van der Waals surface area contributed by atoms with E-state index in [0.717, 1.165) is 5.69 Å². The van der Waals surface area contributed by atoms with E-state index in [1.54, 1.807) is 49.2 Å². The Bertz CT molecular complexity index is 940. The maximum Gasteiger partial charge on any atom is 0.387 e. The molecule has 0 saturated carbocycles. The highest BCUT2D eigenvalue weighted by atomic mass is 19.3. The average molecular weight is 373 g/mol. The number of aromatic nitrogens is 2. The number of anilines is 1. The first-order chi connectivity index (χ1) is 13.0. The number of carbonyl (C=O) groups excluding carboxylic acids is 1. The van der Waals surface area contributed by atoms with Crippen LogP contribution in [0.5, 0.6) is 11.5 Å². The van der Waals surface area contributed by atoms with Crippen molar-refractivity contribution < 1.29 is 23.0 Å². The van der Waals surface area contributed by atoms with Crippen molar-refractivity contribution in [2.75, 3.05) is 12.4 Å². The van der Waals surface area contributed by atoms with Gasteiger partial charge in [-0.15, -0.1) is 0 Å². The van der Waals surface area contributed by atoms with Crippen molar-refractivity contribution in [3.8, 4) is 17.2 Å². The molecule has 6 nitrogen and oxygen atoms in total. The molecule has 1 heterocycles. The number of hydrogen-bond donors (Lipinski definition) is 1. The predicted molar refractivity (Wildman–Crippen MR) is 95.9 cm³/mol. The molecule has 1 aromatic heterocycles. The number of rotatable bonds is 6. The summed E-state index contributed by atoms with van der Waals surface area (Å²) in [5.74, 6) is 0.261. The molecule has 8 heteroatoms. The van der Waals surface area contributed by atoms with Gasteiger partial charge in [-0.05, 0) is 49.4 Å². The van der Waals surface area contributed by atoms with Crippen LogP contribution < -0.4 is 14.8 Å². The lowest BCUT2D eigenvalue weighted by molar-refractivity contribution is -0.0502. The average Bonchev–Trinajstić information content (AvgIpc) is 3.15. The number of amides is 1. The van der Waals surface area contributed by atoms with Crippen molar-refractivity contribution in [3.05, 3.63) is 66.0 Å². The topological polar surface area (TPSA) is 65.4 Å². The molecule has 0 aliphatic carbocycles. The summed E-state index contributed by atoms with van der Waals surface area (Å²) in [5.41, 5.74) is 1.72. The zero-order chi connectivity index (χ0) is 19.4. The summed E-state index contributed by atoms with van der Waals surface area (Å²) in [6.45, 7) is -1.35. The molecule has 3 rings (SSSR count). The van der Waals surface area contributed by atoms with Crippen molar-refractivity contribution >= 4 is 11.6 Å². The van der Waals surface area contributed by atoms with Crippen molar-refractivity contribution in [3.63, 3.8) is 0 Å². The van der Waals surface area contributed by atoms with Gasteiger partial charge in [0.25, 0.3) is 5.91 Å². The maximum absolute atomic E-state index is 12.4. The van der Waals surface area contributed by atoms with Gasteiger partial charge in [-0.1, -0.05) is 6.07 Å². The van der Waals surface area contributed by atoms with Crippen molar-refractivity contribution in [2.24, 2.45) is 0 Å². The number of methoxy groups -OCH3 is 1. The number of nitrogens with zero attached hydrogens (tertiary/aromatic N) is 2. The highest BCUT2D eigenvalue weighted by Crippen LogP contribution is 2.27. The lowest BCUT2D eigenvalue weighted by Gasteiger charge is -2.12. The molecule has 1 N–H and O–H groups in total. The molecule has 0 unspecified atom stereocenters. The van der Waals surface area contributed by atoms with E-state index in [4.69, 9.17) is 4.74 Å². The van der Waals surface area contributed by atoms with Crippen LogP contribution in [0.1, 0.15) is 16.1 Å². The Labute approximate surface area is 154 Å².